The van der Waals surface area contributed by atoms with Crippen molar-refractivity contribution < 1.29 is 23.1 Å². The van der Waals surface area contributed by atoms with Crippen LogP contribution in [-0.4, -0.2) is 57.4 Å². The molecule has 0 fully saturated rings. The molecule has 39 heavy (non-hydrogen) atoms. The number of nitrogens with zero attached hydrogens (tertiary/aromatic N) is 7. The monoisotopic (exact) mass is 564 g/mol. The van der Waals surface area contributed by atoms with Gasteiger partial charge in [-0.2, -0.15) is 13.2 Å². The van der Waals surface area contributed by atoms with Gasteiger partial charge in [-0.25, -0.2) is 24.1 Å². The lowest BCUT2D eigenvalue weighted by atomic mass is 10.1. The van der Waals surface area contributed by atoms with E-state index in [2.05, 4.69) is 25.5 Å². The highest BCUT2D eigenvalue weighted by atomic mass is 35.5. The quantitative estimate of drug-likeness (QED) is 0.319. The molecule has 3 aromatic heterocycles. The number of aliphatic hydroxyl groups excluding tert-OH is 1. The molecule has 1 aromatic carbocycles. The number of halogens is 4. The van der Waals surface area contributed by atoms with Crippen molar-refractivity contribution in [3.8, 4) is 17.1 Å². The molecule has 4 rings (SSSR count). The first-order chi connectivity index (χ1) is 18.5. The van der Waals surface area contributed by atoms with E-state index in [-0.39, 0.29) is 35.8 Å². The molecule has 1 amide bonds. The Morgan fingerprint density at radius 1 is 1.15 bits per heavy atom. The summed E-state index contributed by atoms with van der Waals surface area (Å²) in [7, 11) is 0. The summed E-state index contributed by atoms with van der Waals surface area (Å²) in [5.41, 5.74) is -0.163. The van der Waals surface area contributed by atoms with Gasteiger partial charge in [0.2, 0.25) is 5.91 Å². The van der Waals surface area contributed by atoms with Gasteiger partial charge < -0.3 is 10.4 Å². The Hall–Kier alpha value is -4.04. The smallest absolute Gasteiger partial charge is 0.382 e. The number of amides is 1. The number of carbonyl (C=O) groups is 1. The van der Waals surface area contributed by atoms with Crippen LogP contribution in [0.25, 0.3) is 17.1 Å². The molecule has 2 N–H and O–H groups in total. The van der Waals surface area contributed by atoms with Crippen molar-refractivity contribution >= 4 is 23.3 Å². The zero-order valence-electron chi connectivity index (χ0n) is 20.8. The minimum Gasteiger partial charge on any atom is -0.382 e. The highest BCUT2D eigenvalue weighted by molar-refractivity contribution is 6.30. The molecule has 0 bridgehead atoms. The number of carbonyl (C=O) groups excluding carboxylic acids is 1. The SMILES string of the molecule is CC[C@@H](C)C(=O)Nc1ncccc1-n1cnc(Cn2nc(-c3ccc(Cl)cc3)n(C[C@H](O)C(F)(F)F)c2=O)n1. The molecule has 11 nitrogen and oxygen atoms in total. The molecule has 206 valence electrons. The molecule has 0 radical (unpaired) electrons. The van der Waals surface area contributed by atoms with E-state index in [0.717, 1.165) is 9.25 Å². The number of rotatable bonds is 9. The van der Waals surface area contributed by atoms with Gasteiger partial charge in [0.15, 0.2) is 23.6 Å². The third kappa shape index (κ3) is 6.34. The number of hydrogen-bond acceptors (Lipinski definition) is 7. The number of nitrogens with one attached hydrogen (secondary N) is 1. The molecule has 15 heteroatoms. The molecule has 0 aliphatic heterocycles. The van der Waals surface area contributed by atoms with E-state index < -0.39 is 24.5 Å². The fourth-order valence-electron chi connectivity index (χ4n) is 3.52. The number of hydrogen-bond donors (Lipinski definition) is 2. The summed E-state index contributed by atoms with van der Waals surface area (Å²) in [4.78, 5) is 33.8. The lowest BCUT2D eigenvalue weighted by molar-refractivity contribution is -0.207. The van der Waals surface area contributed by atoms with E-state index >= 15 is 0 Å². The van der Waals surface area contributed by atoms with Gasteiger partial charge in [0.1, 0.15) is 18.6 Å². The van der Waals surface area contributed by atoms with Crippen LogP contribution in [0.2, 0.25) is 5.02 Å². The molecule has 0 saturated carbocycles. The lowest BCUT2D eigenvalue weighted by Crippen LogP contribution is -2.37. The Morgan fingerprint density at radius 2 is 1.87 bits per heavy atom. The van der Waals surface area contributed by atoms with Gasteiger partial charge in [-0.3, -0.25) is 9.36 Å². The first-order valence-corrected chi connectivity index (χ1v) is 12.2. The summed E-state index contributed by atoms with van der Waals surface area (Å²) in [6.45, 7) is 2.33. The van der Waals surface area contributed by atoms with E-state index in [4.69, 9.17) is 11.6 Å². The first kappa shape index (κ1) is 28.0. The van der Waals surface area contributed by atoms with Crippen LogP contribution in [0.4, 0.5) is 19.0 Å². The van der Waals surface area contributed by atoms with E-state index in [1.165, 1.54) is 41.5 Å². The van der Waals surface area contributed by atoms with Gasteiger partial charge in [-0.1, -0.05) is 25.4 Å². The first-order valence-electron chi connectivity index (χ1n) is 11.8. The Balaban J connectivity index is 1.66. The summed E-state index contributed by atoms with van der Waals surface area (Å²) in [6.07, 6.45) is -4.23. The van der Waals surface area contributed by atoms with Gasteiger partial charge in [0.05, 0.1) is 6.54 Å². The Labute approximate surface area is 224 Å². The normalized spacial score (nSPS) is 13.3. The van der Waals surface area contributed by atoms with Crippen LogP contribution in [0, 0.1) is 5.92 Å². The fraction of sp³-hybridized carbons (Fsp3) is 0.333. The highest BCUT2D eigenvalue weighted by Crippen LogP contribution is 2.24. The van der Waals surface area contributed by atoms with Crippen molar-refractivity contribution in [2.75, 3.05) is 5.32 Å². The molecule has 0 aliphatic rings. The summed E-state index contributed by atoms with van der Waals surface area (Å²) < 4.78 is 42.2. The van der Waals surface area contributed by atoms with Crippen molar-refractivity contribution in [1.82, 2.24) is 34.1 Å². The predicted octanol–water partition coefficient (Wildman–Crippen LogP) is 3.30. The van der Waals surface area contributed by atoms with E-state index in [1.807, 2.05) is 6.92 Å². The van der Waals surface area contributed by atoms with Crippen molar-refractivity contribution in [1.29, 1.82) is 0 Å². The van der Waals surface area contributed by atoms with E-state index in [1.54, 1.807) is 19.1 Å². The summed E-state index contributed by atoms with van der Waals surface area (Å²) >= 11 is 5.91. The molecule has 0 unspecified atom stereocenters. The zero-order chi connectivity index (χ0) is 28.3. The minimum atomic E-state index is -4.94. The number of alkyl halides is 3. The average molecular weight is 565 g/mol. The third-order valence-electron chi connectivity index (χ3n) is 5.92. The number of anilines is 1. The maximum Gasteiger partial charge on any atom is 0.416 e. The zero-order valence-corrected chi connectivity index (χ0v) is 21.6. The van der Waals surface area contributed by atoms with Crippen molar-refractivity contribution in [2.45, 2.75) is 45.6 Å². The number of aromatic nitrogens is 7. The molecule has 0 aliphatic carbocycles. The molecule has 2 atom stereocenters. The lowest BCUT2D eigenvalue weighted by Gasteiger charge is -2.15. The molecular weight excluding hydrogens is 541 g/mol. The second-order valence-electron chi connectivity index (χ2n) is 8.71. The predicted molar refractivity (Wildman–Crippen MR) is 135 cm³/mol. The summed E-state index contributed by atoms with van der Waals surface area (Å²) in [5, 5.41) is 21.3. The minimum absolute atomic E-state index is 0.0956. The summed E-state index contributed by atoms with van der Waals surface area (Å²) in [5.74, 6) is -0.179. The molecule has 0 saturated heterocycles. The second kappa shape index (κ2) is 11.4. The largest absolute Gasteiger partial charge is 0.416 e. The van der Waals surface area contributed by atoms with Gasteiger partial charge in [-0.15, -0.1) is 10.2 Å². The number of benzene rings is 1. The maximum absolute atomic E-state index is 13.1. The van der Waals surface area contributed by atoms with Gasteiger partial charge in [0, 0.05) is 22.7 Å². The number of pyridine rings is 1. The van der Waals surface area contributed by atoms with E-state index in [0.29, 0.717) is 22.7 Å². The Kier molecular flexibility index (Phi) is 8.16. The molecule has 3 heterocycles. The van der Waals surface area contributed by atoms with Crippen molar-refractivity contribution in [3.63, 3.8) is 0 Å². The third-order valence-corrected chi connectivity index (χ3v) is 6.18. The highest BCUT2D eigenvalue weighted by Gasteiger charge is 2.39. The van der Waals surface area contributed by atoms with Crippen molar-refractivity contribution in [2.24, 2.45) is 5.92 Å². The van der Waals surface area contributed by atoms with Crippen LogP contribution in [0.3, 0.4) is 0 Å². The Bertz CT molecular complexity index is 1510. The molecule has 0 spiro atoms. The van der Waals surface area contributed by atoms with Gasteiger partial charge in [-0.05, 0) is 42.8 Å². The van der Waals surface area contributed by atoms with Crippen LogP contribution in [-0.2, 0) is 17.9 Å². The maximum atomic E-state index is 13.1. The average Bonchev–Trinajstić information content (AvgIpc) is 3.49. The second-order valence-corrected chi connectivity index (χ2v) is 9.15. The van der Waals surface area contributed by atoms with Crippen LogP contribution in [0.5, 0.6) is 0 Å². The Morgan fingerprint density at radius 3 is 2.54 bits per heavy atom. The van der Waals surface area contributed by atoms with Crippen LogP contribution in [0.15, 0.2) is 53.7 Å². The molecule has 4 aromatic rings. The van der Waals surface area contributed by atoms with Crippen LogP contribution < -0.4 is 11.0 Å². The van der Waals surface area contributed by atoms with Crippen LogP contribution >= 0.6 is 11.6 Å². The molecular formula is C24H24ClF3N8O3. The topological polar surface area (TPSA) is 133 Å². The van der Waals surface area contributed by atoms with Gasteiger partial charge >= 0.3 is 11.9 Å². The standard InChI is InChI=1S/C24H24ClF3N8O3/c1-3-14(2)22(38)31-20-17(5-4-10-29-20)36-13-30-19(32-36)12-35-23(39)34(11-18(37)24(26,27)28)21(33-35)15-6-8-16(25)9-7-15/h4-10,13-14,18,37H,3,11-12H2,1-2H3,(H,29,31,38)/t14-,18+/m1/s1. The number of aliphatic hydroxyl groups is 1. The van der Waals surface area contributed by atoms with Crippen molar-refractivity contribution in [3.05, 3.63) is 70.3 Å². The fourth-order valence-corrected chi connectivity index (χ4v) is 3.65. The van der Waals surface area contributed by atoms with E-state index in [9.17, 15) is 27.9 Å². The van der Waals surface area contributed by atoms with Crippen LogP contribution in [0.1, 0.15) is 26.1 Å². The summed E-state index contributed by atoms with van der Waals surface area (Å²) in [6, 6.07) is 9.30. The van der Waals surface area contributed by atoms with Gasteiger partial charge in [0.25, 0.3) is 0 Å².